The van der Waals surface area contributed by atoms with E-state index < -0.39 is 12.2 Å². The molecule has 1 aromatic carbocycles. The third kappa shape index (κ3) is 2.12. The summed E-state index contributed by atoms with van der Waals surface area (Å²) in [7, 11) is 0. The van der Waals surface area contributed by atoms with E-state index in [9.17, 15) is 10.2 Å². The van der Waals surface area contributed by atoms with Crippen molar-refractivity contribution in [3.05, 3.63) is 23.8 Å². The van der Waals surface area contributed by atoms with Crippen LogP contribution in [0, 0.1) is 0 Å². The van der Waals surface area contributed by atoms with Crippen LogP contribution in [0.15, 0.2) is 18.2 Å². The first-order valence-corrected chi connectivity index (χ1v) is 6.05. The van der Waals surface area contributed by atoms with E-state index in [1.165, 1.54) is 11.3 Å². The smallest absolute Gasteiger partial charge is 0.181 e. The minimum Gasteiger partial charge on any atom is -0.389 e. The minimum atomic E-state index is -0.996. The van der Waals surface area contributed by atoms with Gasteiger partial charge in [0.05, 0.1) is 22.2 Å². The van der Waals surface area contributed by atoms with Crippen LogP contribution >= 0.6 is 22.9 Å². The average molecular weight is 259 g/mol. The van der Waals surface area contributed by atoms with Gasteiger partial charge in [-0.05, 0) is 17.7 Å². The zero-order valence-electron chi connectivity index (χ0n) is 8.30. The maximum Gasteiger partial charge on any atom is 0.181 e. The molecule has 1 heterocycles. The van der Waals surface area contributed by atoms with Crippen LogP contribution in [-0.2, 0) is 0 Å². The molecule has 0 spiro atoms. The third-order valence-electron chi connectivity index (χ3n) is 2.29. The number of hydrogen-bond donors (Lipinski definition) is 3. The van der Waals surface area contributed by atoms with Crippen LogP contribution in [0.3, 0.4) is 0 Å². The van der Waals surface area contributed by atoms with Gasteiger partial charge in [0.25, 0.3) is 0 Å². The largest absolute Gasteiger partial charge is 0.389 e. The first kappa shape index (κ1) is 11.6. The predicted octanol–water partition coefficient (Wildman–Crippen LogP) is 1.51. The molecule has 0 amide bonds. The predicted molar refractivity (Wildman–Crippen MR) is 65.7 cm³/mol. The first-order chi connectivity index (χ1) is 7.61. The zero-order valence-corrected chi connectivity index (χ0v) is 9.87. The van der Waals surface area contributed by atoms with Crippen LogP contribution in [0.4, 0.5) is 5.13 Å². The van der Waals surface area contributed by atoms with E-state index in [0.717, 1.165) is 10.2 Å². The van der Waals surface area contributed by atoms with Gasteiger partial charge in [-0.25, -0.2) is 4.98 Å². The van der Waals surface area contributed by atoms with Gasteiger partial charge in [-0.1, -0.05) is 17.4 Å². The van der Waals surface area contributed by atoms with Gasteiger partial charge in [-0.2, -0.15) is 0 Å². The molecule has 0 saturated carbocycles. The highest BCUT2D eigenvalue weighted by atomic mass is 35.5. The van der Waals surface area contributed by atoms with Crippen LogP contribution in [0.1, 0.15) is 11.7 Å². The van der Waals surface area contributed by atoms with Crippen molar-refractivity contribution in [1.29, 1.82) is 0 Å². The Labute approximate surface area is 101 Å². The van der Waals surface area contributed by atoms with E-state index in [0.29, 0.717) is 10.7 Å². The van der Waals surface area contributed by atoms with Crippen molar-refractivity contribution >= 4 is 38.3 Å². The van der Waals surface area contributed by atoms with Gasteiger partial charge in [0.2, 0.25) is 0 Å². The van der Waals surface area contributed by atoms with Crippen molar-refractivity contribution in [3.8, 4) is 0 Å². The van der Waals surface area contributed by atoms with E-state index in [2.05, 4.69) is 4.98 Å². The van der Waals surface area contributed by atoms with E-state index in [4.69, 9.17) is 17.3 Å². The van der Waals surface area contributed by atoms with Gasteiger partial charge in [-0.15, -0.1) is 11.6 Å². The number of anilines is 1. The molecule has 2 rings (SSSR count). The molecule has 2 atom stereocenters. The molecule has 2 unspecified atom stereocenters. The summed E-state index contributed by atoms with van der Waals surface area (Å²) < 4.78 is 0.953. The van der Waals surface area contributed by atoms with Crippen molar-refractivity contribution in [2.24, 2.45) is 0 Å². The number of alkyl halides is 1. The number of rotatable bonds is 3. The van der Waals surface area contributed by atoms with Crippen LogP contribution < -0.4 is 5.73 Å². The highest BCUT2D eigenvalue weighted by Crippen LogP contribution is 2.27. The maximum atomic E-state index is 9.77. The number of fused-ring (bicyclic) bond motifs is 1. The number of halogens is 1. The Balaban J connectivity index is 2.38. The lowest BCUT2D eigenvalue weighted by Gasteiger charge is -2.15. The number of nitrogens with two attached hydrogens (primary N) is 1. The summed E-state index contributed by atoms with van der Waals surface area (Å²) >= 11 is 6.86. The van der Waals surface area contributed by atoms with Crippen LogP contribution in [0.2, 0.25) is 0 Å². The fourth-order valence-electron chi connectivity index (χ4n) is 1.45. The molecule has 0 aliphatic heterocycles. The number of nitrogen functional groups attached to an aromatic ring is 1. The molecule has 0 fully saturated rings. The van der Waals surface area contributed by atoms with Gasteiger partial charge < -0.3 is 15.9 Å². The molecule has 4 N–H and O–H groups in total. The zero-order chi connectivity index (χ0) is 11.7. The second-order valence-corrected chi connectivity index (χ2v) is 4.82. The highest BCUT2D eigenvalue weighted by molar-refractivity contribution is 7.22. The molecule has 6 heteroatoms. The quantitative estimate of drug-likeness (QED) is 0.729. The van der Waals surface area contributed by atoms with Crippen LogP contribution in [0.25, 0.3) is 10.2 Å². The number of aliphatic hydroxyl groups excluding tert-OH is 2. The second kappa shape index (κ2) is 4.55. The Bertz CT molecular complexity index is 503. The van der Waals surface area contributed by atoms with Crippen molar-refractivity contribution in [2.75, 3.05) is 11.6 Å². The molecule has 0 aliphatic carbocycles. The van der Waals surface area contributed by atoms with Gasteiger partial charge in [0.15, 0.2) is 5.13 Å². The summed E-state index contributed by atoms with van der Waals surface area (Å²) in [5, 5.41) is 19.7. The number of aliphatic hydroxyl groups is 2. The fourth-order valence-corrected chi connectivity index (χ4v) is 2.34. The molecule has 4 nitrogen and oxygen atoms in total. The summed E-state index contributed by atoms with van der Waals surface area (Å²) in [5.74, 6) is -0.0155. The normalized spacial score (nSPS) is 15.2. The second-order valence-electron chi connectivity index (χ2n) is 3.45. The third-order valence-corrected chi connectivity index (χ3v) is 3.47. The summed E-state index contributed by atoms with van der Waals surface area (Å²) in [6.07, 6.45) is -1.97. The molecular weight excluding hydrogens is 248 g/mol. The van der Waals surface area contributed by atoms with E-state index in [1.807, 2.05) is 6.07 Å². The van der Waals surface area contributed by atoms with Gasteiger partial charge in [-0.3, -0.25) is 0 Å². The first-order valence-electron chi connectivity index (χ1n) is 4.70. The molecule has 16 heavy (non-hydrogen) atoms. The van der Waals surface area contributed by atoms with E-state index in [1.54, 1.807) is 12.1 Å². The molecule has 1 aromatic heterocycles. The molecule has 0 aliphatic rings. The summed E-state index contributed by atoms with van der Waals surface area (Å²) in [5.41, 5.74) is 6.89. The lowest BCUT2D eigenvalue weighted by Crippen LogP contribution is -2.19. The number of hydrogen-bond acceptors (Lipinski definition) is 5. The van der Waals surface area contributed by atoms with Crippen molar-refractivity contribution < 1.29 is 10.2 Å². The number of aromatic nitrogens is 1. The van der Waals surface area contributed by atoms with Gasteiger partial charge >= 0.3 is 0 Å². The lowest BCUT2D eigenvalue weighted by molar-refractivity contribution is 0.0328. The molecule has 0 radical (unpaired) electrons. The fraction of sp³-hybridized carbons (Fsp3) is 0.300. The summed E-state index contributed by atoms with van der Waals surface area (Å²) in [4.78, 5) is 4.11. The molecule has 86 valence electrons. The maximum absolute atomic E-state index is 9.77. The summed E-state index contributed by atoms with van der Waals surface area (Å²) in [6, 6.07) is 5.27. The number of nitrogens with zero attached hydrogens (tertiary/aromatic N) is 1. The molecule has 2 aromatic rings. The van der Waals surface area contributed by atoms with Crippen LogP contribution in [0.5, 0.6) is 0 Å². The SMILES string of the molecule is Nc1nc2cc(C(O)C(O)CCl)ccc2s1. The topological polar surface area (TPSA) is 79.4 Å². The molecule has 0 bridgehead atoms. The average Bonchev–Trinajstić information content (AvgIpc) is 2.65. The lowest BCUT2D eigenvalue weighted by atomic mass is 10.1. The van der Waals surface area contributed by atoms with Crippen molar-refractivity contribution in [2.45, 2.75) is 12.2 Å². The van der Waals surface area contributed by atoms with E-state index >= 15 is 0 Å². The van der Waals surface area contributed by atoms with Gasteiger partial charge in [0, 0.05) is 0 Å². The highest BCUT2D eigenvalue weighted by Gasteiger charge is 2.18. The van der Waals surface area contributed by atoms with Crippen molar-refractivity contribution in [3.63, 3.8) is 0 Å². The number of thiazole rings is 1. The Morgan fingerprint density at radius 3 is 2.88 bits per heavy atom. The van der Waals surface area contributed by atoms with Crippen molar-refractivity contribution in [1.82, 2.24) is 4.98 Å². The Kier molecular flexibility index (Phi) is 3.30. The minimum absolute atomic E-state index is 0.0155. The summed E-state index contributed by atoms with van der Waals surface area (Å²) in [6.45, 7) is 0. The van der Waals surface area contributed by atoms with Gasteiger partial charge in [0.1, 0.15) is 6.10 Å². The van der Waals surface area contributed by atoms with Crippen LogP contribution in [-0.4, -0.2) is 27.2 Å². The molecule has 0 saturated heterocycles. The van der Waals surface area contributed by atoms with E-state index in [-0.39, 0.29) is 5.88 Å². The standard InChI is InChI=1S/C10H11ClN2O2S/c11-4-7(14)9(15)5-1-2-8-6(3-5)13-10(12)16-8/h1-3,7,9,14-15H,4H2,(H2,12,13). The molecular formula is C10H11ClN2O2S. The Morgan fingerprint density at radius 1 is 1.44 bits per heavy atom. The number of benzene rings is 1. The monoisotopic (exact) mass is 258 g/mol. The Morgan fingerprint density at radius 2 is 2.19 bits per heavy atom. The Hall–Kier alpha value is -0.880.